The molecule has 64 valence electrons. The number of hydrogen-bond acceptors (Lipinski definition) is 1. The quantitative estimate of drug-likeness (QED) is 0.518. The number of halogens is 1. The van der Waals surface area contributed by atoms with Crippen LogP contribution in [-0.4, -0.2) is 30.2 Å². The Labute approximate surface area is 67.6 Å². The maximum Gasteiger partial charge on any atom is 0.118 e. The average molecular weight is 157 g/mol. The number of piperidine rings is 1. The lowest BCUT2D eigenvalue weighted by Crippen LogP contribution is -2.47. The van der Waals surface area contributed by atoms with Crippen molar-refractivity contribution in [3.8, 4) is 0 Å². The summed E-state index contributed by atoms with van der Waals surface area (Å²) in [6.45, 7) is 2.04. The highest BCUT2D eigenvalue weighted by molar-refractivity contribution is 4.97. The fourth-order valence-electron chi connectivity index (χ4n) is 2.65. The van der Waals surface area contributed by atoms with E-state index in [2.05, 4.69) is 11.9 Å². The number of nitrogens with zero attached hydrogens (tertiary/aromatic N) is 1. The summed E-state index contributed by atoms with van der Waals surface area (Å²) in [7, 11) is 2.07. The molecule has 2 heteroatoms. The Balaban J connectivity index is 2.16. The molecule has 2 rings (SSSR count). The van der Waals surface area contributed by atoms with Gasteiger partial charge in [0, 0.05) is 12.1 Å². The van der Waals surface area contributed by atoms with Crippen LogP contribution in [0.25, 0.3) is 0 Å². The Hall–Kier alpha value is -0.110. The van der Waals surface area contributed by atoms with E-state index in [1.165, 1.54) is 6.42 Å². The molecule has 0 spiro atoms. The van der Waals surface area contributed by atoms with E-state index in [0.717, 1.165) is 12.8 Å². The van der Waals surface area contributed by atoms with Gasteiger partial charge in [0.05, 0.1) is 0 Å². The molecule has 0 amide bonds. The summed E-state index contributed by atoms with van der Waals surface area (Å²) in [5.74, 6) is 0.295. The van der Waals surface area contributed by atoms with E-state index in [4.69, 9.17) is 0 Å². The number of rotatable bonds is 0. The Morgan fingerprint density at radius 1 is 1.36 bits per heavy atom. The highest BCUT2D eigenvalue weighted by atomic mass is 19.1. The van der Waals surface area contributed by atoms with Crippen molar-refractivity contribution in [2.45, 2.75) is 44.4 Å². The maximum atomic E-state index is 13.5. The molecule has 0 aliphatic carbocycles. The topological polar surface area (TPSA) is 3.24 Å². The minimum absolute atomic E-state index is 0.240. The largest absolute Gasteiger partial charge is 0.298 e. The molecule has 0 aromatic heterocycles. The van der Waals surface area contributed by atoms with Crippen LogP contribution < -0.4 is 0 Å². The fraction of sp³-hybridized carbons (Fsp3) is 1.00. The van der Waals surface area contributed by atoms with Crippen molar-refractivity contribution in [1.29, 1.82) is 0 Å². The lowest BCUT2D eigenvalue weighted by molar-refractivity contribution is 0.0475. The molecular formula is C9H16FN. The third-order valence-electron chi connectivity index (χ3n) is 3.45. The van der Waals surface area contributed by atoms with Crippen LogP contribution in [0.5, 0.6) is 0 Å². The fourth-order valence-corrected chi connectivity index (χ4v) is 2.65. The predicted molar refractivity (Wildman–Crippen MR) is 43.3 cm³/mol. The van der Waals surface area contributed by atoms with Gasteiger partial charge in [0.25, 0.3) is 0 Å². The Kier molecular flexibility index (Phi) is 1.67. The van der Waals surface area contributed by atoms with Gasteiger partial charge in [0.2, 0.25) is 0 Å². The smallest absolute Gasteiger partial charge is 0.118 e. The van der Waals surface area contributed by atoms with Crippen LogP contribution in [0.15, 0.2) is 0 Å². The zero-order chi connectivity index (χ0) is 8.01. The lowest BCUT2D eigenvalue weighted by atomic mass is 9.91. The summed E-state index contributed by atoms with van der Waals surface area (Å²) in [6.07, 6.45) is 2.78. The number of fused-ring (bicyclic) bond motifs is 2. The Morgan fingerprint density at radius 2 is 2.09 bits per heavy atom. The van der Waals surface area contributed by atoms with Gasteiger partial charge in [-0.2, -0.15) is 0 Å². The first-order valence-electron chi connectivity index (χ1n) is 4.56. The van der Waals surface area contributed by atoms with Gasteiger partial charge in [-0.3, -0.25) is 4.90 Å². The van der Waals surface area contributed by atoms with E-state index in [1.54, 1.807) is 0 Å². The van der Waals surface area contributed by atoms with Crippen LogP contribution in [0, 0.1) is 5.92 Å². The Bertz CT molecular complexity index is 160. The number of alkyl halides is 1. The second-order valence-electron chi connectivity index (χ2n) is 4.12. The van der Waals surface area contributed by atoms with Crippen molar-refractivity contribution in [3.63, 3.8) is 0 Å². The zero-order valence-corrected chi connectivity index (χ0v) is 7.26. The first kappa shape index (κ1) is 7.53. The van der Waals surface area contributed by atoms with Crippen LogP contribution in [0.3, 0.4) is 0 Å². The second-order valence-corrected chi connectivity index (χ2v) is 4.12. The molecule has 2 fully saturated rings. The van der Waals surface area contributed by atoms with Crippen LogP contribution >= 0.6 is 0 Å². The molecule has 2 bridgehead atoms. The van der Waals surface area contributed by atoms with Gasteiger partial charge in [-0.25, -0.2) is 4.39 Å². The van der Waals surface area contributed by atoms with Gasteiger partial charge >= 0.3 is 0 Å². The van der Waals surface area contributed by atoms with Crippen molar-refractivity contribution >= 4 is 0 Å². The summed E-state index contributed by atoms with van der Waals surface area (Å²) < 4.78 is 13.5. The molecule has 0 saturated carbocycles. The van der Waals surface area contributed by atoms with E-state index >= 15 is 0 Å². The van der Waals surface area contributed by atoms with E-state index < -0.39 is 6.17 Å². The normalized spacial score (nSPS) is 51.5. The molecule has 0 aromatic rings. The lowest BCUT2D eigenvalue weighted by Gasteiger charge is -2.37. The van der Waals surface area contributed by atoms with Crippen LogP contribution in [0.2, 0.25) is 0 Å². The van der Waals surface area contributed by atoms with Crippen molar-refractivity contribution < 1.29 is 4.39 Å². The van der Waals surface area contributed by atoms with Crippen LogP contribution in [0.4, 0.5) is 4.39 Å². The zero-order valence-electron chi connectivity index (χ0n) is 7.26. The molecular weight excluding hydrogens is 141 g/mol. The standard InChI is InChI=1S/C9H16FN/c1-6-5-7-3-4-8(9(6)10)11(7)2/h6-9H,3-5H2,1-2H3. The first-order chi connectivity index (χ1) is 5.20. The minimum Gasteiger partial charge on any atom is -0.298 e. The molecule has 4 atom stereocenters. The van der Waals surface area contributed by atoms with Gasteiger partial charge in [-0.1, -0.05) is 6.92 Å². The van der Waals surface area contributed by atoms with Crippen molar-refractivity contribution in [1.82, 2.24) is 4.90 Å². The van der Waals surface area contributed by atoms with Gasteiger partial charge in [-0.05, 0) is 32.2 Å². The van der Waals surface area contributed by atoms with Crippen LogP contribution in [-0.2, 0) is 0 Å². The highest BCUT2D eigenvalue weighted by Crippen LogP contribution is 2.38. The molecule has 0 radical (unpaired) electrons. The molecule has 2 saturated heterocycles. The molecule has 2 aliphatic rings. The summed E-state index contributed by atoms with van der Waals surface area (Å²) in [5.41, 5.74) is 0. The second kappa shape index (κ2) is 2.44. The van der Waals surface area contributed by atoms with E-state index in [0.29, 0.717) is 12.0 Å². The molecule has 2 aliphatic heterocycles. The maximum absolute atomic E-state index is 13.5. The highest BCUT2D eigenvalue weighted by Gasteiger charge is 2.43. The summed E-state index contributed by atoms with van der Waals surface area (Å²) in [5, 5.41) is 0. The monoisotopic (exact) mass is 157 g/mol. The SMILES string of the molecule is CC1CC2CCC(C1F)N2C. The van der Waals surface area contributed by atoms with Crippen molar-refractivity contribution in [2.24, 2.45) is 5.92 Å². The van der Waals surface area contributed by atoms with Gasteiger partial charge in [0.15, 0.2) is 0 Å². The van der Waals surface area contributed by atoms with Crippen LogP contribution in [0.1, 0.15) is 26.2 Å². The summed E-state index contributed by atoms with van der Waals surface area (Å²) in [6, 6.07) is 0.922. The molecule has 2 heterocycles. The predicted octanol–water partition coefficient (Wildman–Crippen LogP) is 1.83. The van der Waals surface area contributed by atoms with Crippen molar-refractivity contribution in [3.05, 3.63) is 0 Å². The molecule has 0 N–H and O–H groups in total. The average Bonchev–Trinajstić information content (AvgIpc) is 2.23. The first-order valence-corrected chi connectivity index (χ1v) is 4.56. The molecule has 1 nitrogen and oxygen atoms in total. The van der Waals surface area contributed by atoms with Gasteiger partial charge in [-0.15, -0.1) is 0 Å². The molecule has 4 unspecified atom stereocenters. The summed E-state index contributed by atoms with van der Waals surface area (Å²) >= 11 is 0. The molecule has 11 heavy (non-hydrogen) atoms. The third kappa shape index (κ3) is 0.994. The van der Waals surface area contributed by atoms with Gasteiger partial charge in [0.1, 0.15) is 6.17 Å². The van der Waals surface area contributed by atoms with Gasteiger partial charge < -0.3 is 0 Å². The Morgan fingerprint density at radius 3 is 2.82 bits per heavy atom. The van der Waals surface area contributed by atoms with E-state index in [9.17, 15) is 4.39 Å². The van der Waals surface area contributed by atoms with Crippen molar-refractivity contribution in [2.75, 3.05) is 7.05 Å². The van der Waals surface area contributed by atoms with E-state index in [-0.39, 0.29) is 6.04 Å². The number of hydrogen-bond donors (Lipinski definition) is 0. The minimum atomic E-state index is -0.571. The van der Waals surface area contributed by atoms with E-state index in [1.807, 2.05) is 6.92 Å². The summed E-state index contributed by atoms with van der Waals surface area (Å²) in [4.78, 5) is 2.24. The third-order valence-corrected chi connectivity index (χ3v) is 3.45. The molecule has 0 aromatic carbocycles.